The first-order valence-corrected chi connectivity index (χ1v) is 7.25. The maximum atomic E-state index is 13.8. The number of hydrogen-bond donors (Lipinski definition) is 0. The predicted molar refractivity (Wildman–Crippen MR) is 81.2 cm³/mol. The molecular weight excluding hydrogens is 286 g/mol. The van der Waals surface area contributed by atoms with Crippen LogP contribution in [0.3, 0.4) is 0 Å². The highest BCUT2D eigenvalue weighted by molar-refractivity contribution is 5.19. The number of methoxy groups -OCH3 is 1. The minimum absolute atomic E-state index is 0.337. The van der Waals surface area contributed by atoms with E-state index in [2.05, 4.69) is 4.98 Å². The second kappa shape index (κ2) is 8.56. The van der Waals surface area contributed by atoms with Gasteiger partial charge in [0.15, 0.2) is 11.6 Å². The van der Waals surface area contributed by atoms with E-state index in [4.69, 9.17) is 4.74 Å². The Labute approximate surface area is 129 Å². The van der Waals surface area contributed by atoms with Gasteiger partial charge in [0.1, 0.15) is 0 Å². The second-order valence-electron chi connectivity index (χ2n) is 5.09. The van der Waals surface area contributed by atoms with Crippen molar-refractivity contribution in [2.45, 2.75) is 19.5 Å². The van der Waals surface area contributed by atoms with E-state index in [1.165, 1.54) is 6.07 Å². The third-order valence-electron chi connectivity index (χ3n) is 3.36. The van der Waals surface area contributed by atoms with Gasteiger partial charge < -0.3 is 4.74 Å². The Kier molecular flexibility index (Phi) is 6.43. The summed E-state index contributed by atoms with van der Waals surface area (Å²) in [4.78, 5) is 6.33. The number of pyridine rings is 1. The molecule has 0 bridgehead atoms. The van der Waals surface area contributed by atoms with Gasteiger partial charge in [-0.2, -0.15) is 0 Å². The summed E-state index contributed by atoms with van der Waals surface area (Å²) in [6.45, 7) is 2.27. The van der Waals surface area contributed by atoms with Crippen molar-refractivity contribution >= 4 is 0 Å². The molecule has 118 valence electrons. The van der Waals surface area contributed by atoms with Gasteiger partial charge in [-0.05, 0) is 24.6 Å². The van der Waals surface area contributed by atoms with Crippen LogP contribution in [-0.2, 0) is 17.8 Å². The van der Waals surface area contributed by atoms with E-state index in [0.717, 1.165) is 24.7 Å². The predicted octanol–water partition coefficient (Wildman–Crippen LogP) is 3.40. The molecule has 0 unspecified atom stereocenters. The molecule has 1 aromatic heterocycles. The number of benzene rings is 1. The monoisotopic (exact) mass is 306 g/mol. The number of ether oxygens (including phenoxy) is 1. The SMILES string of the molecule is COCCCN(Cc1ccccn1)Cc1cccc(F)c1F. The van der Waals surface area contributed by atoms with Gasteiger partial charge in [-0.25, -0.2) is 8.78 Å². The van der Waals surface area contributed by atoms with Crippen molar-refractivity contribution in [3.8, 4) is 0 Å². The van der Waals surface area contributed by atoms with Crippen molar-refractivity contribution in [2.24, 2.45) is 0 Å². The first-order valence-electron chi connectivity index (χ1n) is 7.25. The van der Waals surface area contributed by atoms with Crippen LogP contribution in [0.4, 0.5) is 8.78 Å². The molecule has 0 amide bonds. The Bertz CT molecular complexity index is 578. The molecule has 5 heteroatoms. The van der Waals surface area contributed by atoms with Crippen LogP contribution in [-0.4, -0.2) is 30.1 Å². The molecular formula is C17H20F2N2O. The summed E-state index contributed by atoms with van der Waals surface area (Å²) < 4.78 is 32.2. The zero-order chi connectivity index (χ0) is 15.8. The fourth-order valence-corrected chi connectivity index (χ4v) is 2.28. The Morgan fingerprint density at radius 1 is 1.09 bits per heavy atom. The van der Waals surface area contributed by atoms with Gasteiger partial charge in [0.05, 0.1) is 5.69 Å². The lowest BCUT2D eigenvalue weighted by Gasteiger charge is -2.22. The van der Waals surface area contributed by atoms with Crippen LogP contribution in [0.25, 0.3) is 0 Å². The molecule has 0 radical (unpaired) electrons. The zero-order valence-corrected chi connectivity index (χ0v) is 12.6. The minimum Gasteiger partial charge on any atom is -0.385 e. The van der Waals surface area contributed by atoms with Gasteiger partial charge in [-0.15, -0.1) is 0 Å². The van der Waals surface area contributed by atoms with Crippen molar-refractivity contribution in [1.29, 1.82) is 0 Å². The van der Waals surface area contributed by atoms with Crippen molar-refractivity contribution in [2.75, 3.05) is 20.3 Å². The Morgan fingerprint density at radius 3 is 2.68 bits per heavy atom. The largest absolute Gasteiger partial charge is 0.385 e. The van der Waals surface area contributed by atoms with Crippen LogP contribution in [0, 0.1) is 11.6 Å². The van der Waals surface area contributed by atoms with Gasteiger partial charge in [-0.3, -0.25) is 9.88 Å². The lowest BCUT2D eigenvalue weighted by molar-refractivity contribution is 0.165. The molecule has 0 spiro atoms. The van der Waals surface area contributed by atoms with Crippen LogP contribution < -0.4 is 0 Å². The van der Waals surface area contributed by atoms with E-state index in [9.17, 15) is 8.78 Å². The van der Waals surface area contributed by atoms with E-state index in [-0.39, 0.29) is 0 Å². The first-order chi connectivity index (χ1) is 10.7. The fourth-order valence-electron chi connectivity index (χ4n) is 2.28. The van der Waals surface area contributed by atoms with Gasteiger partial charge in [0.25, 0.3) is 0 Å². The van der Waals surface area contributed by atoms with E-state index >= 15 is 0 Å². The van der Waals surface area contributed by atoms with Crippen molar-refractivity contribution in [3.05, 3.63) is 65.5 Å². The molecule has 0 aliphatic rings. The van der Waals surface area contributed by atoms with Crippen LogP contribution in [0.2, 0.25) is 0 Å². The molecule has 3 nitrogen and oxygen atoms in total. The standard InChI is InChI=1S/C17H20F2N2O/c1-22-11-5-10-21(13-15-7-2-3-9-20-15)12-14-6-4-8-16(18)17(14)19/h2-4,6-9H,5,10-13H2,1H3. The third kappa shape index (κ3) is 4.86. The summed E-state index contributed by atoms with van der Waals surface area (Å²) >= 11 is 0. The Hall–Kier alpha value is -1.85. The first kappa shape index (κ1) is 16.5. The minimum atomic E-state index is -0.813. The quantitative estimate of drug-likeness (QED) is 0.699. The normalized spacial score (nSPS) is 11.1. The molecule has 2 rings (SSSR count). The van der Waals surface area contributed by atoms with Gasteiger partial charge in [0, 0.05) is 45.1 Å². The summed E-state index contributed by atoms with van der Waals surface area (Å²) in [5.41, 5.74) is 1.25. The molecule has 22 heavy (non-hydrogen) atoms. The number of nitrogens with zero attached hydrogens (tertiary/aromatic N) is 2. The highest BCUT2D eigenvalue weighted by Gasteiger charge is 2.13. The summed E-state index contributed by atoms with van der Waals surface area (Å²) in [7, 11) is 1.65. The Morgan fingerprint density at radius 2 is 1.95 bits per heavy atom. The highest BCUT2D eigenvalue weighted by atomic mass is 19.2. The lowest BCUT2D eigenvalue weighted by Crippen LogP contribution is -2.26. The molecule has 0 fully saturated rings. The van der Waals surface area contributed by atoms with Crippen LogP contribution >= 0.6 is 0 Å². The van der Waals surface area contributed by atoms with Crippen molar-refractivity contribution in [1.82, 2.24) is 9.88 Å². The smallest absolute Gasteiger partial charge is 0.163 e. The van der Waals surface area contributed by atoms with E-state index in [1.54, 1.807) is 19.4 Å². The lowest BCUT2D eigenvalue weighted by atomic mass is 10.1. The molecule has 1 aromatic carbocycles. The molecule has 1 heterocycles. The topological polar surface area (TPSA) is 25.4 Å². The summed E-state index contributed by atoms with van der Waals surface area (Å²) in [6, 6.07) is 9.96. The average molecular weight is 306 g/mol. The van der Waals surface area contributed by atoms with Gasteiger partial charge >= 0.3 is 0 Å². The molecule has 0 N–H and O–H groups in total. The van der Waals surface area contributed by atoms with Gasteiger partial charge in [0.2, 0.25) is 0 Å². The summed E-state index contributed by atoms with van der Waals surface area (Å²) in [6.07, 6.45) is 2.55. The zero-order valence-electron chi connectivity index (χ0n) is 12.6. The molecule has 0 aliphatic carbocycles. The number of aromatic nitrogens is 1. The maximum absolute atomic E-state index is 13.8. The average Bonchev–Trinajstić information content (AvgIpc) is 2.53. The molecule has 0 atom stereocenters. The van der Waals surface area contributed by atoms with Crippen LogP contribution in [0.5, 0.6) is 0 Å². The summed E-state index contributed by atoms with van der Waals surface area (Å²) in [5.74, 6) is -1.59. The van der Waals surface area contributed by atoms with Crippen LogP contribution in [0.1, 0.15) is 17.7 Å². The number of halogens is 2. The molecule has 0 saturated carbocycles. The highest BCUT2D eigenvalue weighted by Crippen LogP contribution is 2.15. The second-order valence-corrected chi connectivity index (χ2v) is 5.09. The maximum Gasteiger partial charge on any atom is 0.163 e. The molecule has 2 aromatic rings. The Balaban J connectivity index is 2.08. The number of rotatable bonds is 8. The van der Waals surface area contributed by atoms with E-state index < -0.39 is 11.6 Å². The third-order valence-corrected chi connectivity index (χ3v) is 3.36. The summed E-state index contributed by atoms with van der Waals surface area (Å²) in [5, 5.41) is 0. The number of hydrogen-bond acceptors (Lipinski definition) is 3. The van der Waals surface area contributed by atoms with Crippen molar-refractivity contribution < 1.29 is 13.5 Å². The molecule has 0 aliphatic heterocycles. The van der Waals surface area contributed by atoms with E-state index in [0.29, 0.717) is 25.3 Å². The van der Waals surface area contributed by atoms with Crippen molar-refractivity contribution in [3.63, 3.8) is 0 Å². The fraction of sp³-hybridized carbons (Fsp3) is 0.353. The molecule has 0 saturated heterocycles. The van der Waals surface area contributed by atoms with E-state index in [1.807, 2.05) is 23.1 Å². The van der Waals surface area contributed by atoms with Gasteiger partial charge in [-0.1, -0.05) is 18.2 Å². The van der Waals surface area contributed by atoms with Crippen LogP contribution in [0.15, 0.2) is 42.6 Å².